The van der Waals surface area contributed by atoms with Gasteiger partial charge >= 0.3 is 0 Å². The first-order valence-electron chi connectivity index (χ1n) is 9.79. The number of aryl methyl sites for hydroxylation is 1. The number of primary amides is 1. The van der Waals surface area contributed by atoms with Crippen LogP contribution in [0.2, 0.25) is 0 Å². The molecule has 0 fully saturated rings. The molecule has 2 aromatic heterocycles. The number of nitrogens with two attached hydrogens (primary N) is 1. The molecule has 8 nitrogen and oxygen atoms in total. The Morgan fingerprint density at radius 2 is 2.27 bits per heavy atom. The minimum Gasteiger partial charge on any atom is -0.486 e. The Bertz CT molecular complexity index is 1050. The van der Waals surface area contributed by atoms with E-state index in [0.29, 0.717) is 42.9 Å². The first kappa shape index (κ1) is 20.1. The van der Waals surface area contributed by atoms with Crippen molar-refractivity contribution in [3.05, 3.63) is 76.8 Å². The lowest BCUT2D eigenvalue weighted by Gasteiger charge is -2.30. The number of aliphatic hydroxyl groups excluding tert-OH is 1. The second-order valence-corrected chi connectivity index (χ2v) is 7.44. The molecule has 4 rings (SSSR count). The molecular formula is C22H24N4O4. The number of nitrogens with zero attached hydrogens (tertiary/aromatic N) is 2. The molecule has 0 unspecified atom stereocenters. The summed E-state index contributed by atoms with van der Waals surface area (Å²) in [6.07, 6.45) is 4.81. The van der Waals surface area contributed by atoms with E-state index in [1.54, 1.807) is 12.3 Å². The van der Waals surface area contributed by atoms with E-state index in [-0.39, 0.29) is 6.04 Å². The van der Waals surface area contributed by atoms with E-state index >= 15 is 0 Å². The number of ether oxygens (including phenoxy) is 1. The lowest BCUT2D eigenvalue weighted by molar-refractivity contribution is 0.0995. The standard InChI is InChI=1S/C22H24N4O4/c1-13-21(30-12-26-13)11-29-17-3-2-14-7-19(25-10-15(14)6-17)20(27)8-16-9-24-5-4-18(16)22(23)28/h2-6,9,12,19-20,25,27H,7-8,10-11H2,1H3,(H2,23,28)/t19-,20+/m0/s1. The number of oxazole rings is 1. The molecule has 0 radical (unpaired) electrons. The molecule has 1 aliphatic rings. The molecule has 8 heteroatoms. The molecule has 2 atom stereocenters. The molecule has 4 N–H and O–H groups in total. The van der Waals surface area contributed by atoms with E-state index in [9.17, 15) is 9.90 Å². The molecule has 0 saturated carbocycles. The summed E-state index contributed by atoms with van der Waals surface area (Å²) >= 11 is 0. The number of aliphatic hydroxyl groups is 1. The predicted octanol–water partition coefficient (Wildman–Crippen LogP) is 1.67. The summed E-state index contributed by atoms with van der Waals surface area (Å²) in [4.78, 5) is 19.7. The number of amides is 1. The SMILES string of the molecule is Cc1ncoc1COc1ccc2c(c1)CN[C@H]([C@H](O)Cc1cnccc1C(N)=O)C2. The van der Waals surface area contributed by atoms with Gasteiger partial charge in [-0.25, -0.2) is 4.98 Å². The van der Waals surface area contributed by atoms with E-state index < -0.39 is 12.0 Å². The summed E-state index contributed by atoms with van der Waals surface area (Å²) in [5, 5.41) is 14.1. The number of fused-ring (bicyclic) bond motifs is 1. The van der Waals surface area contributed by atoms with Gasteiger partial charge in [0.1, 0.15) is 12.4 Å². The van der Waals surface area contributed by atoms with Crippen LogP contribution in [0.15, 0.2) is 47.5 Å². The minimum atomic E-state index is -0.675. The number of hydrogen-bond acceptors (Lipinski definition) is 7. The quantitative estimate of drug-likeness (QED) is 0.543. The smallest absolute Gasteiger partial charge is 0.249 e. The molecule has 3 heterocycles. The Morgan fingerprint density at radius 3 is 3.03 bits per heavy atom. The Kier molecular flexibility index (Phi) is 5.78. The third-order valence-corrected chi connectivity index (χ3v) is 5.45. The van der Waals surface area contributed by atoms with Gasteiger partial charge in [-0.15, -0.1) is 0 Å². The van der Waals surface area contributed by atoms with Gasteiger partial charge in [-0.3, -0.25) is 9.78 Å². The van der Waals surface area contributed by atoms with Crippen LogP contribution in [0.5, 0.6) is 5.75 Å². The number of nitrogens with one attached hydrogen (secondary N) is 1. The summed E-state index contributed by atoms with van der Waals surface area (Å²) < 4.78 is 11.1. The molecule has 1 amide bonds. The molecule has 3 aromatic rings. The molecule has 1 aliphatic heterocycles. The predicted molar refractivity (Wildman–Crippen MR) is 109 cm³/mol. The van der Waals surface area contributed by atoms with Crippen molar-refractivity contribution in [2.45, 2.75) is 45.1 Å². The number of carbonyl (C=O) groups excluding carboxylic acids is 1. The highest BCUT2D eigenvalue weighted by Gasteiger charge is 2.26. The van der Waals surface area contributed by atoms with Crippen LogP contribution >= 0.6 is 0 Å². The molecule has 0 spiro atoms. The topological polar surface area (TPSA) is 124 Å². The van der Waals surface area contributed by atoms with Gasteiger partial charge in [0, 0.05) is 37.0 Å². The van der Waals surface area contributed by atoms with Crippen molar-refractivity contribution in [3.8, 4) is 5.75 Å². The Balaban J connectivity index is 1.40. The van der Waals surface area contributed by atoms with Crippen LogP contribution in [0.1, 0.15) is 38.5 Å². The highest BCUT2D eigenvalue weighted by molar-refractivity contribution is 5.94. The number of rotatable bonds is 7. The number of pyridine rings is 1. The summed E-state index contributed by atoms with van der Waals surface area (Å²) in [6, 6.07) is 7.39. The first-order valence-corrected chi connectivity index (χ1v) is 9.79. The Labute approximate surface area is 174 Å². The molecule has 1 aromatic carbocycles. The van der Waals surface area contributed by atoms with Crippen LogP contribution in [-0.2, 0) is 26.0 Å². The summed E-state index contributed by atoms with van der Waals surface area (Å²) in [6.45, 7) is 2.82. The van der Waals surface area contributed by atoms with Crippen LogP contribution in [0, 0.1) is 6.92 Å². The summed E-state index contributed by atoms with van der Waals surface area (Å²) in [7, 11) is 0. The van der Waals surface area contributed by atoms with E-state index in [2.05, 4.69) is 15.3 Å². The zero-order valence-corrected chi connectivity index (χ0v) is 16.7. The third-order valence-electron chi connectivity index (χ3n) is 5.45. The zero-order valence-electron chi connectivity index (χ0n) is 16.7. The fraction of sp³-hybridized carbons (Fsp3) is 0.318. The van der Waals surface area contributed by atoms with Gasteiger partial charge in [0.05, 0.1) is 11.8 Å². The van der Waals surface area contributed by atoms with Crippen molar-refractivity contribution in [1.29, 1.82) is 0 Å². The number of carbonyl (C=O) groups is 1. The second-order valence-electron chi connectivity index (χ2n) is 7.44. The lowest BCUT2D eigenvalue weighted by Crippen LogP contribution is -2.45. The second kappa shape index (κ2) is 8.64. The number of benzene rings is 1. The van der Waals surface area contributed by atoms with Crippen LogP contribution in [0.25, 0.3) is 0 Å². The van der Waals surface area contributed by atoms with Gasteiger partial charge in [-0.2, -0.15) is 0 Å². The maximum absolute atomic E-state index is 11.6. The van der Waals surface area contributed by atoms with Crippen molar-refractivity contribution in [2.75, 3.05) is 0 Å². The normalized spacial score (nSPS) is 16.7. The van der Waals surface area contributed by atoms with Crippen LogP contribution in [-0.4, -0.2) is 33.1 Å². The summed E-state index contributed by atoms with van der Waals surface area (Å²) in [5.74, 6) is 0.946. The van der Waals surface area contributed by atoms with Crippen LogP contribution in [0.4, 0.5) is 0 Å². The number of aromatic nitrogens is 2. The highest BCUT2D eigenvalue weighted by Crippen LogP contribution is 2.25. The van der Waals surface area contributed by atoms with Gasteiger partial charge in [0.25, 0.3) is 0 Å². The zero-order chi connectivity index (χ0) is 21.1. The maximum atomic E-state index is 11.6. The minimum absolute atomic E-state index is 0.137. The van der Waals surface area contributed by atoms with E-state index in [4.69, 9.17) is 14.9 Å². The molecule has 0 bridgehead atoms. The van der Waals surface area contributed by atoms with Gasteiger partial charge in [0.15, 0.2) is 12.2 Å². The van der Waals surface area contributed by atoms with E-state index in [1.807, 2.05) is 25.1 Å². The molecule has 0 saturated heterocycles. The highest BCUT2D eigenvalue weighted by atomic mass is 16.5. The van der Waals surface area contributed by atoms with E-state index in [0.717, 1.165) is 22.6 Å². The van der Waals surface area contributed by atoms with Gasteiger partial charge in [-0.1, -0.05) is 6.07 Å². The average Bonchev–Trinajstić information content (AvgIpc) is 3.16. The molecule has 156 valence electrons. The van der Waals surface area contributed by atoms with Crippen molar-refractivity contribution < 1.29 is 19.1 Å². The largest absolute Gasteiger partial charge is 0.486 e. The summed E-state index contributed by atoms with van der Waals surface area (Å²) in [5.41, 5.74) is 9.57. The van der Waals surface area contributed by atoms with Crippen molar-refractivity contribution >= 4 is 5.91 Å². The van der Waals surface area contributed by atoms with Crippen molar-refractivity contribution in [3.63, 3.8) is 0 Å². The Hall–Kier alpha value is -3.23. The van der Waals surface area contributed by atoms with Gasteiger partial charge < -0.3 is 25.3 Å². The molecule has 30 heavy (non-hydrogen) atoms. The third kappa shape index (κ3) is 4.34. The number of hydrogen-bond donors (Lipinski definition) is 3. The van der Waals surface area contributed by atoms with Gasteiger partial charge in [0.2, 0.25) is 5.91 Å². The first-order chi connectivity index (χ1) is 14.5. The maximum Gasteiger partial charge on any atom is 0.249 e. The van der Waals surface area contributed by atoms with Crippen molar-refractivity contribution in [1.82, 2.24) is 15.3 Å². The monoisotopic (exact) mass is 408 g/mol. The van der Waals surface area contributed by atoms with Gasteiger partial charge in [-0.05, 0) is 48.2 Å². The average molecular weight is 408 g/mol. The van der Waals surface area contributed by atoms with E-state index in [1.165, 1.54) is 12.6 Å². The van der Waals surface area contributed by atoms with Crippen molar-refractivity contribution in [2.24, 2.45) is 5.73 Å². The lowest BCUT2D eigenvalue weighted by atomic mass is 9.90. The Morgan fingerprint density at radius 1 is 1.40 bits per heavy atom. The molecular weight excluding hydrogens is 384 g/mol. The molecule has 0 aliphatic carbocycles. The fourth-order valence-electron chi connectivity index (χ4n) is 3.69. The van der Waals surface area contributed by atoms with Crippen LogP contribution < -0.4 is 15.8 Å². The van der Waals surface area contributed by atoms with Crippen LogP contribution in [0.3, 0.4) is 0 Å². The fourth-order valence-corrected chi connectivity index (χ4v) is 3.69.